The molecule has 1 aromatic heterocycles. The standard InChI is InChI=1S/C18H22N4O3/c19-16-15(20-9-12-8-13-6-7-14(12)25-13)17(23)21-18(24)22(16)10-11-4-2-1-3-5-11/h1-5,12-14,20H,6-10,19H2,(H,21,23,24). The molecule has 25 heavy (non-hydrogen) atoms. The minimum Gasteiger partial charge on any atom is -0.383 e. The third kappa shape index (κ3) is 3.07. The first-order valence-corrected chi connectivity index (χ1v) is 8.67. The van der Waals surface area contributed by atoms with E-state index in [0.717, 1.165) is 24.8 Å². The molecule has 1 aromatic carbocycles. The van der Waals surface area contributed by atoms with Gasteiger partial charge >= 0.3 is 5.69 Å². The Kier molecular flexibility index (Phi) is 4.09. The fraction of sp³-hybridized carbons (Fsp3) is 0.444. The van der Waals surface area contributed by atoms with Gasteiger partial charge in [-0.2, -0.15) is 0 Å². The van der Waals surface area contributed by atoms with Gasteiger partial charge in [-0.15, -0.1) is 0 Å². The van der Waals surface area contributed by atoms with Crippen LogP contribution in [0.15, 0.2) is 39.9 Å². The number of nitrogens with zero attached hydrogens (tertiary/aromatic N) is 1. The number of anilines is 2. The van der Waals surface area contributed by atoms with E-state index in [1.54, 1.807) is 0 Å². The number of ether oxygens (including phenoxy) is 1. The van der Waals surface area contributed by atoms with E-state index in [1.165, 1.54) is 4.57 Å². The predicted molar refractivity (Wildman–Crippen MR) is 95.8 cm³/mol. The average molecular weight is 342 g/mol. The van der Waals surface area contributed by atoms with E-state index in [4.69, 9.17) is 10.5 Å². The summed E-state index contributed by atoms with van der Waals surface area (Å²) in [6.07, 6.45) is 3.86. The average Bonchev–Trinajstić information content (AvgIpc) is 3.22. The lowest BCUT2D eigenvalue weighted by molar-refractivity contribution is 0.0941. The molecule has 0 aliphatic carbocycles. The summed E-state index contributed by atoms with van der Waals surface area (Å²) in [5.41, 5.74) is 6.37. The zero-order valence-corrected chi connectivity index (χ0v) is 13.9. The molecule has 132 valence electrons. The number of fused-ring (bicyclic) bond motifs is 2. The van der Waals surface area contributed by atoms with Crippen LogP contribution in [0.25, 0.3) is 0 Å². The Hall–Kier alpha value is -2.54. The van der Waals surface area contributed by atoms with Crippen LogP contribution in [-0.2, 0) is 11.3 Å². The van der Waals surface area contributed by atoms with Crippen LogP contribution in [0.1, 0.15) is 24.8 Å². The molecule has 0 saturated carbocycles. The lowest BCUT2D eigenvalue weighted by Gasteiger charge is -2.20. The van der Waals surface area contributed by atoms with Crippen LogP contribution in [0.3, 0.4) is 0 Å². The number of benzene rings is 1. The number of hydrogen-bond donors (Lipinski definition) is 3. The number of nitrogen functional groups attached to an aromatic ring is 1. The molecule has 4 rings (SSSR count). The summed E-state index contributed by atoms with van der Waals surface area (Å²) < 4.78 is 7.23. The topological polar surface area (TPSA) is 102 Å². The summed E-state index contributed by atoms with van der Waals surface area (Å²) in [4.78, 5) is 26.7. The number of aromatic nitrogens is 2. The molecule has 7 nitrogen and oxygen atoms in total. The summed E-state index contributed by atoms with van der Waals surface area (Å²) in [5, 5.41) is 3.15. The van der Waals surface area contributed by atoms with Crippen LogP contribution in [0.5, 0.6) is 0 Å². The highest BCUT2D eigenvalue weighted by Crippen LogP contribution is 2.38. The summed E-state index contributed by atoms with van der Waals surface area (Å²) in [5.74, 6) is 0.550. The summed E-state index contributed by atoms with van der Waals surface area (Å²) in [7, 11) is 0. The molecular weight excluding hydrogens is 320 g/mol. The first kappa shape index (κ1) is 16.0. The largest absolute Gasteiger partial charge is 0.383 e. The first-order chi connectivity index (χ1) is 12.1. The molecule has 2 saturated heterocycles. The number of hydrogen-bond acceptors (Lipinski definition) is 5. The van der Waals surface area contributed by atoms with Crippen LogP contribution >= 0.6 is 0 Å². The highest BCUT2D eigenvalue weighted by Gasteiger charge is 2.40. The van der Waals surface area contributed by atoms with Crippen molar-refractivity contribution in [1.82, 2.24) is 9.55 Å². The lowest BCUT2D eigenvalue weighted by atomic mass is 9.89. The van der Waals surface area contributed by atoms with Gasteiger partial charge in [0.15, 0.2) is 0 Å². The van der Waals surface area contributed by atoms with Crippen molar-refractivity contribution >= 4 is 11.5 Å². The molecule has 3 atom stereocenters. The van der Waals surface area contributed by atoms with Gasteiger partial charge in [0.1, 0.15) is 11.5 Å². The maximum atomic E-state index is 12.2. The quantitative estimate of drug-likeness (QED) is 0.756. The Morgan fingerprint density at radius 1 is 1.24 bits per heavy atom. The smallest absolute Gasteiger partial charge is 0.330 e. The van der Waals surface area contributed by atoms with E-state index in [2.05, 4.69) is 10.3 Å². The van der Waals surface area contributed by atoms with Gasteiger partial charge < -0.3 is 15.8 Å². The SMILES string of the molecule is Nc1c(NCC2CC3CCC2O3)c(=O)[nH]c(=O)n1Cc1ccccc1. The third-order valence-corrected chi connectivity index (χ3v) is 5.20. The number of nitrogens with two attached hydrogens (primary N) is 1. The number of aromatic amines is 1. The van der Waals surface area contributed by atoms with Gasteiger partial charge in [-0.25, -0.2) is 4.79 Å². The second-order valence-electron chi connectivity index (χ2n) is 6.84. The van der Waals surface area contributed by atoms with Crippen molar-refractivity contribution in [3.8, 4) is 0 Å². The Morgan fingerprint density at radius 3 is 2.72 bits per heavy atom. The Morgan fingerprint density at radius 2 is 2.04 bits per heavy atom. The molecule has 4 N–H and O–H groups in total. The maximum Gasteiger partial charge on any atom is 0.330 e. The lowest BCUT2D eigenvalue weighted by Crippen LogP contribution is -2.35. The van der Waals surface area contributed by atoms with E-state index in [9.17, 15) is 9.59 Å². The van der Waals surface area contributed by atoms with Gasteiger partial charge in [0, 0.05) is 12.5 Å². The summed E-state index contributed by atoms with van der Waals surface area (Å²) in [6.45, 7) is 0.937. The number of rotatable bonds is 5. The first-order valence-electron chi connectivity index (χ1n) is 8.67. The zero-order valence-electron chi connectivity index (χ0n) is 13.9. The molecule has 2 bridgehead atoms. The van der Waals surface area contributed by atoms with Crippen LogP contribution in [0, 0.1) is 5.92 Å². The van der Waals surface area contributed by atoms with Crippen LogP contribution in [0.2, 0.25) is 0 Å². The fourth-order valence-electron chi connectivity index (χ4n) is 3.87. The predicted octanol–water partition coefficient (Wildman–Crippen LogP) is 1.15. The van der Waals surface area contributed by atoms with E-state index >= 15 is 0 Å². The van der Waals surface area contributed by atoms with Gasteiger partial charge in [-0.05, 0) is 24.8 Å². The fourth-order valence-corrected chi connectivity index (χ4v) is 3.87. The van der Waals surface area contributed by atoms with Gasteiger partial charge in [-0.3, -0.25) is 14.3 Å². The van der Waals surface area contributed by atoms with Crippen molar-refractivity contribution in [3.63, 3.8) is 0 Å². The minimum absolute atomic E-state index is 0.168. The van der Waals surface area contributed by atoms with E-state index < -0.39 is 11.2 Å². The van der Waals surface area contributed by atoms with Crippen LogP contribution in [-0.4, -0.2) is 28.3 Å². The summed E-state index contributed by atoms with van der Waals surface area (Å²) in [6, 6.07) is 9.54. The molecule has 7 heteroatoms. The summed E-state index contributed by atoms with van der Waals surface area (Å²) >= 11 is 0. The van der Waals surface area contributed by atoms with E-state index in [0.29, 0.717) is 25.1 Å². The monoisotopic (exact) mass is 342 g/mol. The van der Waals surface area contributed by atoms with Gasteiger partial charge in [0.05, 0.1) is 18.8 Å². The van der Waals surface area contributed by atoms with Crippen LogP contribution in [0.4, 0.5) is 11.5 Å². The highest BCUT2D eigenvalue weighted by molar-refractivity contribution is 5.60. The Bertz CT molecular complexity index is 874. The van der Waals surface area contributed by atoms with Crippen LogP contribution < -0.4 is 22.3 Å². The maximum absolute atomic E-state index is 12.2. The molecule has 0 radical (unpaired) electrons. The highest BCUT2D eigenvalue weighted by atomic mass is 16.5. The number of H-pyrrole nitrogens is 1. The van der Waals surface area contributed by atoms with Gasteiger partial charge in [-0.1, -0.05) is 30.3 Å². The Balaban J connectivity index is 1.56. The molecule has 3 heterocycles. The minimum atomic E-state index is -0.500. The van der Waals surface area contributed by atoms with Crippen molar-refractivity contribution in [2.75, 3.05) is 17.6 Å². The Labute approximate surface area is 144 Å². The van der Waals surface area contributed by atoms with E-state index in [-0.39, 0.29) is 17.6 Å². The van der Waals surface area contributed by atoms with Crippen molar-refractivity contribution in [3.05, 3.63) is 56.7 Å². The van der Waals surface area contributed by atoms with Crippen molar-refractivity contribution < 1.29 is 4.74 Å². The second-order valence-corrected chi connectivity index (χ2v) is 6.84. The second kappa shape index (κ2) is 6.40. The normalized spacial score (nSPS) is 24.6. The molecule has 2 aromatic rings. The molecule has 2 aliphatic heterocycles. The van der Waals surface area contributed by atoms with E-state index in [1.807, 2.05) is 30.3 Å². The molecular formula is C18H22N4O3. The van der Waals surface area contributed by atoms with Gasteiger partial charge in [0.25, 0.3) is 5.56 Å². The molecule has 0 amide bonds. The number of nitrogens with one attached hydrogen (secondary N) is 2. The molecule has 3 unspecified atom stereocenters. The van der Waals surface area contributed by atoms with Crippen molar-refractivity contribution in [2.24, 2.45) is 5.92 Å². The molecule has 0 spiro atoms. The molecule has 2 fully saturated rings. The van der Waals surface area contributed by atoms with Crippen molar-refractivity contribution in [1.29, 1.82) is 0 Å². The third-order valence-electron chi connectivity index (χ3n) is 5.20. The molecule has 2 aliphatic rings. The van der Waals surface area contributed by atoms with Crippen molar-refractivity contribution in [2.45, 2.75) is 38.0 Å². The van der Waals surface area contributed by atoms with Gasteiger partial charge in [0.2, 0.25) is 0 Å². The zero-order chi connectivity index (χ0) is 17.4.